The van der Waals surface area contributed by atoms with Crippen LogP contribution in [0.1, 0.15) is 65.5 Å². The maximum Gasteiger partial charge on any atom is 0.410 e. The first-order valence-corrected chi connectivity index (χ1v) is 12.6. The second-order valence-corrected chi connectivity index (χ2v) is 11.8. The smallest absolute Gasteiger partial charge is 0.410 e. The Kier molecular flexibility index (Phi) is 5.85. The first-order valence-electron chi connectivity index (χ1n) is 12.2. The van der Waals surface area contributed by atoms with Crippen LogP contribution in [0.25, 0.3) is 11.0 Å². The Bertz CT molecular complexity index is 1090. The zero-order chi connectivity index (χ0) is 24.4. The van der Waals surface area contributed by atoms with Crippen molar-refractivity contribution in [3.8, 4) is 0 Å². The number of carbonyl (C=O) groups is 1. The molecule has 186 valence electrons. The summed E-state index contributed by atoms with van der Waals surface area (Å²) in [6, 6.07) is 0.0998. The van der Waals surface area contributed by atoms with Crippen molar-refractivity contribution in [2.45, 2.75) is 90.4 Å². The molecule has 3 fully saturated rings. The number of likely N-dealkylation sites (tertiary alicyclic amines) is 1. The minimum absolute atomic E-state index is 0.00754. The van der Waals surface area contributed by atoms with Crippen molar-refractivity contribution in [3.63, 3.8) is 0 Å². The van der Waals surface area contributed by atoms with Crippen LogP contribution in [0.3, 0.4) is 0 Å². The second-order valence-electron chi connectivity index (χ2n) is 11.4. The first kappa shape index (κ1) is 23.8. The summed E-state index contributed by atoms with van der Waals surface area (Å²) in [4.78, 5) is 23.1. The molecular weight excluding hydrogens is 456 g/mol. The molecule has 8 nitrogen and oxygen atoms in total. The maximum absolute atomic E-state index is 12.5. The number of amides is 1. The van der Waals surface area contributed by atoms with Crippen LogP contribution in [0, 0.1) is 18.8 Å². The van der Waals surface area contributed by atoms with Gasteiger partial charge in [-0.2, -0.15) is 0 Å². The molecule has 5 rings (SSSR count). The summed E-state index contributed by atoms with van der Waals surface area (Å²) in [5.74, 6) is 0.163. The maximum atomic E-state index is 12.5. The van der Waals surface area contributed by atoms with Crippen LogP contribution in [-0.2, 0) is 14.2 Å². The quantitative estimate of drug-likeness (QED) is 0.543. The van der Waals surface area contributed by atoms with Crippen molar-refractivity contribution in [3.05, 3.63) is 23.2 Å². The Hall–Kier alpha value is -1.90. The number of fused-ring (bicyclic) bond motifs is 2. The highest BCUT2D eigenvalue weighted by Crippen LogP contribution is 2.51. The molecule has 9 heteroatoms. The van der Waals surface area contributed by atoms with Gasteiger partial charge in [-0.15, -0.1) is 0 Å². The van der Waals surface area contributed by atoms with E-state index in [0.29, 0.717) is 30.1 Å². The van der Waals surface area contributed by atoms with Gasteiger partial charge in [0.25, 0.3) is 0 Å². The molecule has 0 radical (unpaired) electrons. The Morgan fingerprint density at radius 1 is 1.18 bits per heavy atom. The van der Waals surface area contributed by atoms with Crippen LogP contribution in [0.2, 0.25) is 5.15 Å². The summed E-state index contributed by atoms with van der Waals surface area (Å²) >= 11 is 6.41. The molecule has 0 N–H and O–H groups in total. The molecule has 3 aliphatic rings. The van der Waals surface area contributed by atoms with E-state index in [-0.39, 0.29) is 24.3 Å². The van der Waals surface area contributed by atoms with Crippen LogP contribution in [0.5, 0.6) is 0 Å². The van der Waals surface area contributed by atoms with E-state index in [9.17, 15) is 4.79 Å². The molecule has 0 bridgehead atoms. The molecule has 2 aromatic heterocycles. The van der Waals surface area contributed by atoms with Gasteiger partial charge in [0.1, 0.15) is 28.8 Å². The van der Waals surface area contributed by atoms with Crippen molar-refractivity contribution in [2.24, 2.45) is 11.8 Å². The zero-order valence-electron chi connectivity index (χ0n) is 20.9. The Labute approximate surface area is 205 Å². The summed E-state index contributed by atoms with van der Waals surface area (Å²) in [5.41, 5.74) is 1.42. The van der Waals surface area contributed by atoms with Crippen molar-refractivity contribution in [1.29, 1.82) is 0 Å². The molecule has 2 aromatic rings. The van der Waals surface area contributed by atoms with Crippen LogP contribution in [0.15, 0.2) is 12.5 Å². The fourth-order valence-electron chi connectivity index (χ4n) is 6.04. The third-order valence-electron chi connectivity index (χ3n) is 7.39. The normalized spacial score (nSPS) is 29.6. The molecule has 0 aromatic carbocycles. The average molecular weight is 491 g/mol. The number of hydrogen-bond donors (Lipinski definition) is 0. The number of carbonyl (C=O) groups excluding carboxylic acids is 1. The summed E-state index contributed by atoms with van der Waals surface area (Å²) in [6.07, 6.45) is 6.17. The number of hydrogen-bond acceptors (Lipinski definition) is 6. The van der Waals surface area contributed by atoms with Gasteiger partial charge in [-0.25, -0.2) is 14.8 Å². The third-order valence-corrected chi connectivity index (χ3v) is 7.67. The van der Waals surface area contributed by atoms with Crippen molar-refractivity contribution < 1.29 is 19.0 Å². The van der Waals surface area contributed by atoms with E-state index in [0.717, 1.165) is 35.9 Å². The van der Waals surface area contributed by atoms with Gasteiger partial charge >= 0.3 is 6.09 Å². The van der Waals surface area contributed by atoms with Crippen LogP contribution >= 0.6 is 11.6 Å². The zero-order valence-corrected chi connectivity index (χ0v) is 21.6. The van der Waals surface area contributed by atoms with E-state index in [4.69, 9.17) is 25.8 Å². The van der Waals surface area contributed by atoms with Crippen LogP contribution < -0.4 is 0 Å². The van der Waals surface area contributed by atoms with Gasteiger partial charge in [-0.05, 0) is 78.2 Å². The lowest BCUT2D eigenvalue weighted by molar-refractivity contribution is -0.163. The SMILES string of the molecule is Cc1cn([C@@H]2C[C@H](C3CCN(C(=O)OC(C)(C)C)CC3)[C@H]3OC(C)(C)O[C@H]32)c2ncnc(Cl)c12. The number of nitrogens with zero attached hydrogens (tertiary/aromatic N) is 4. The highest BCUT2D eigenvalue weighted by atomic mass is 35.5. The van der Waals surface area contributed by atoms with Crippen LogP contribution in [0.4, 0.5) is 4.79 Å². The monoisotopic (exact) mass is 490 g/mol. The van der Waals surface area contributed by atoms with Crippen molar-refractivity contribution in [2.75, 3.05) is 13.1 Å². The van der Waals surface area contributed by atoms with E-state index in [1.165, 1.54) is 6.33 Å². The lowest BCUT2D eigenvalue weighted by Gasteiger charge is -2.37. The van der Waals surface area contributed by atoms with Crippen molar-refractivity contribution >= 4 is 28.7 Å². The van der Waals surface area contributed by atoms with E-state index in [1.807, 2.05) is 46.4 Å². The predicted octanol–water partition coefficient (Wildman–Crippen LogP) is 5.12. The summed E-state index contributed by atoms with van der Waals surface area (Å²) in [6.45, 7) is 13.1. The minimum Gasteiger partial charge on any atom is -0.444 e. The fraction of sp³-hybridized carbons (Fsp3) is 0.720. The fourth-order valence-corrected chi connectivity index (χ4v) is 6.32. The van der Waals surface area contributed by atoms with Gasteiger partial charge in [-0.3, -0.25) is 0 Å². The lowest BCUT2D eigenvalue weighted by atomic mass is 9.82. The van der Waals surface area contributed by atoms with Gasteiger partial charge in [0, 0.05) is 19.3 Å². The topological polar surface area (TPSA) is 78.7 Å². The molecule has 4 atom stereocenters. The van der Waals surface area contributed by atoms with E-state index in [1.54, 1.807) is 0 Å². The molecule has 2 aliphatic heterocycles. The number of ether oxygens (including phenoxy) is 3. The number of aryl methyl sites for hydroxylation is 1. The standard InChI is InChI=1S/C25H35ClN4O4/c1-14-12-30(22-18(14)21(26)27-13-28-22)17-11-16(19-20(17)33-25(5,6)32-19)15-7-9-29(10-8-15)23(31)34-24(2,3)4/h12-13,15-17,19-20H,7-11H2,1-6H3/t16-,17-,19-,20+/m1/s1. The number of aromatic nitrogens is 3. The molecular formula is C25H35ClN4O4. The Morgan fingerprint density at radius 3 is 2.53 bits per heavy atom. The molecule has 0 unspecified atom stereocenters. The minimum atomic E-state index is -0.631. The molecule has 34 heavy (non-hydrogen) atoms. The van der Waals surface area contributed by atoms with E-state index < -0.39 is 11.4 Å². The van der Waals surface area contributed by atoms with Gasteiger partial charge in [0.2, 0.25) is 0 Å². The Morgan fingerprint density at radius 2 is 1.85 bits per heavy atom. The molecule has 1 amide bonds. The highest BCUT2D eigenvalue weighted by molar-refractivity contribution is 6.34. The average Bonchev–Trinajstić information content (AvgIpc) is 3.35. The number of piperidine rings is 1. The third kappa shape index (κ3) is 4.29. The molecule has 1 aliphatic carbocycles. The van der Waals surface area contributed by atoms with Crippen molar-refractivity contribution in [1.82, 2.24) is 19.4 Å². The highest BCUT2D eigenvalue weighted by Gasteiger charge is 2.56. The van der Waals surface area contributed by atoms with E-state index in [2.05, 4.69) is 20.7 Å². The van der Waals surface area contributed by atoms with Gasteiger partial charge < -0.3 is 23.7 Å². The van der Waals surface area contributed by atoms with Gasteiger partial charge in [-0.1, -0.05) is 11.6 Å². The number of rotatable bonds is 2. The predicted molar refractivity (Wildman–Crippen MR) is 129 cm³/mol. The first-order chi connectivity index (χ1) is 15.9. The molecule has 1 saturated carbocycles. The van der Waals surface area contributed by atoms with E-state index >= 15 is 0 Å². The molecule has 4 heterocycles. The van der Waals surface area contributed by atoms with Gasteiger partial charge in [0.15, 0.2) is 5.79 Å². The lowest BCUT2D eigenvalue weighted by Crippen LogP contribution is -2.44. The van der Waals surface area contributed by atoms with Crippen LogP contribution in [-0.4, -0.2) is 62.2 Å². The summed E-state index contributed by atoms with van der Waals surface area (Å²) in [7, 11) is 0. The molecule has 0 spiro atoms. The molecule has 2 saturated heterocycles. The number of halogens is 1. The summed E-state index contributed by atoms with van der Waals surface area (Å²) < 4.78 is 20.7. The van der Waals surface area contributed by atoms with Gasteiger partial charge in [0.05, 0.1) is 17.5 Å². The Balaban J connectivity index is 1.37. The second kappa shape index (κ2) is 8.35. The largest absolute Gasteiger partial charge is 0.444 e. The summed E-state index contributed by atoms with van der Waals surface area (Å²) in [5, 5.41) is 1.37.